The summed E-state index contributed by atoms with van der Waals surface area (Å²) in [6.45, 7) is 6.77. The van der Waals surface area contributed by atoms with E-state index in [4.69, 9.17) is 15.0 Å². The smallest absolute Gasteiger partial charge is 0.145 e. The van der Waals surface area contributed by atoms with Crippen LogP contribution in [0.25, 0.3) is 84.3 Å². The van der Waals surface area contributed by atoms with E-state index in [9.17, 15) is 0 Å². The molecule has 0 aliphatic rings. The number of para-hydroxylation sites is 6. The van der Waals surface area contributed by atoms with Crippen molar-refractivity contribution in [2.45, 2.75) is 20.8 Å². The predicted octanol–water partition coefficient (Wildman–Crippen LogP) is 11.6. The summed E-state index contributed by atoms with van der Waals surface area (Å²) in [5.74, 6) is 2.67. The lowest BCUT2D eigenvalue weighted by molar-refractivity contribution is 0.975. The van der Waals surface area contributed by atoms with Gasteiger partial charge in [-0.25, -0.2) is 15.0 Å². The number of imidazole rings is 3. The van der Waals surface area contributed by atoms with Crippen molar-refractivity contribution in [2.75, 3.05) is 0 Å². The molecule has 0 radical (unpaired) electrons. The van der Waals surface area contributed by atoms with E-state index in [1.165, 1.54) is 0 Å². The van der Waals surface area contributed by atoms with Crippen molar-refractivity contribution in [3.05, 3.63) is 180 Å². The van der Waals surface area contributed by atoms with Gasteiger partial charge in [0.05, 0.1) is 50.2 Å². The number of benzene rings is 7. The van der Waals surface area contributed by atoms with Crippen LogP contribution in [0.15, 0.2) is 164 Å². The number of hydrogen-bond donors (Lipinski definition) is 0. The van der Waals surface area contributed by atoms with Crippen LogP contribution in [-0.2, 0) is 0 Å². The van der Waals surface area contributed by atoms with Crippen molar-refractivity contribution in [1.82, 2.24) is 28.7 Å². The van der Waals surface area contributed by atoms with Crippen LogP contribution in [0.3, 0.4) is 0 Å². The minimum absolute atomic E-state index is 0.890. The van der Waals surface area contributed by atoms with Gasteiger partial charge in [-0.15, -0.1) is 0 Å². The number of aromatic nitrogens is 6. The number of rotatable bonds is 6. The zero-order valence-electron chi connectivity index (χ0n) is 30.3. The summed E-state index contributed by atoms with van der Waals surface area (Å²) in [6, 6.07) is 56.9. The van der Waals surface area contributed by atoms with E-state index in [0.717, 1.165) is 101 Å². The van der Waals surface area contributed by atoms with Crippen molar-refractivity contribution >= 4 is 33.1 Å². The molecule has 3 heterocycles. The third-order valence-corrected chi connectivity index (χ3v) is 10.6. The van der Waals surface area contributed by atoms with E-state index in [1.54, 1.807) is 0 Å². The molecule has 6 heteroatoms. The maximum atomic E-state index is 5.30. The second-order valence-corrected chi connectivity index (χ2v) is 13.8. The summed E-state index contributed by atoms with van der Waals surface area (Å²) >= 11 is 0. The lowest BCUT2D eigenvalue weighted by Gasteiger charge is -2.27. The van der Waals surface area contributed by atoms with Gasteiger partial charge in [0.2, 0.25) is 0 Å². The summed E-state index contributed by atoms with van der Waals surface area (Å²) in [5, 5.41) is 0. The van der Waals surface area contributed by atoms with Gasteiger partial charge in [-0.1, -0.05) is 127 Å². The average Bonchev–Trinajstić information content (AvgIpc) is 3.92. The minimum Gasteiger partial charge on any atom is -0.292 e. The average molecular weight is 697 g/mol. The minimum atomic E-state index is 0.890. The molecular weight excluding hydrogens is 661 g/mol. The first-order chi connectivity index (χ1) is 26.6. The molecule has 0 aliphatic carbocycles. The summed E-state index contributed by atoms with van der Waals surface area (Å²) in [5.41, 5.74) is 15.7. The van der Waals surface area contributed by atoms with Crippen molar-refractivity contribution in [3.63, 3.8) is 0 Å². The fourth-order valence-corrected chi connectivity index (χ4v) is 8.29. The molecule has 0 spiro atoms. The van der Waals surface area contributed by atoms with Crippen molar-refractivity contribution in [3.8, 4) is 51.2 Å². The summed E-state index contributed by atoms with van der Waals surface area (Å²) in [6.07, 6.45) is 0. The molecule has 0 N–H and O–H groups in total. The van der Waals surface area contributed by atoms with E-state index < -0.39 is 0 Å². The van der Waals surface area contributed by atoms with E-state index in [0.29, 0.717) is 0 Å². The Bertz CT molecular complexity index is 2660. The third kappa shape index (κ3) is 4.84. The molecule has 0 saturated carbocycles. The Morgan fingerprint density at radius 1 is 0.296 bits per heavy atom. The summed E-state index contributed by atoms with van der Waals surface area (Å²) < 4.78 is 7.10. The third-order valence-electron chi connectivity index (χ3n) is 10.6. The topological polar surface area (TPSA) is 53.5 Å². The lowest BCUT2D eigenvalue weighted by Crippen LogP contribution is -2.14. The van der Waals surface area contributed by atoms with Gasteiger partial charge < -0.3 is 0 Å². The number of nitrogens with zero attached hydrogens (tertiary/aromatic N) is 6. The molecule has 0 aliphatic heterocycles. The highest BCUT2D eigenvalue weighted by molar-refractivity contribution is 5.91. The number of fused-ring (bicyclic) bond motifs is 3. The highest BCUT2D eigenvalue weighted by Gasteiger charge is 2.29. The Labute approximate surface area is 313 Å². The summed E-state index contributed by atoms with van der Waals surface area (Å²) in [7, 11) is 0. The molecular formula is C48H36N6. The molecule has 10 rings (SSSR count). The predicted molar refractivity (Wildman–Crippen MR) is 221 cm³/mol. The van der Waals surface area contributed by atoms with Crippen molar-refractivity contribution in [2.24, 2.45) is 0 Å². The van der Waals surface area contributed by atoms with Gasteiger partial charge in [0.25, 0.3) is 0 Å². The Hall–Kier alpha value is -7.05. The molecule has 7 aromatic carbocycles. The zero-order chi connectivity index (χ0) is 36.3. The molecule has 3 aromatic heterocycles. The standard InChI is InChI=1S/C48H36N6/c1-31-43(52-40-28-16-13-25-37(40)49-46(52)34-19-7-4-8-20-34)32(2)45(54-42-30-18-15-27-39(42)51-48(54)36-23-11-6-12-24-36)33(3)44(31)53-41-29-17-14-26-38(41)50-47(53)35-21-9-5-10-22-35/h4-30H,1-3H3. The molecule has 0 unspecified atom stereocenters. The van der Waals surface area contributed by atoms with Gasteiger partial charge in [-0.2, -0.15) is 0 Å². The Balaban J connectivity index is 1.42. The molecule has 0 bridgehead atoms. The van der Waals surface area contributed by atoms with Crippen LogP contribution in [0.2, 0.25) is 0 Å². The van der Waals surface area contributed by atoms with Crippen LogP contribution >= 0.6 is 0 Å². The number of hydrogen-bond acceptors (Lipinski definition) is 3. The monoisotopic (exact) mass is 696 g/mol. The molecule has 6 nitrogen and oxygen atoms in total. The first kappa shape index (κ1) is 31.7. The van der Waals surface area contributed by atoms with Gasteiger partial charge in [-0.3, -0.25) is 13.7 Å². The van der Waals surface area contributed by atoms with E-state index in [-0.39, 0.29) is 0 Å². The maximum absolute atomic E-state index is 5.30. The summed E-state index contributed by atoms with van der Waals surface area (Å²) in [4.78, 5) is 15.9. The quantitative estimate of drug-likeness (QED) is 0.174. The molecule has 0 saturated heterocycles. The Kier molecular flexibility index (Phi) is 7.37. The van der Waals surface area contributed by atoms with Crippen LogP contribution in [0, 0.1) is 20.8 Å². The fraction of sp³-hybridized carbons (Fsp3) is 0.0625. The molecule has 54 heavy (non-hydrogen) atoms. The van der Waals surface area contributed by atoms with Crippen LogP contribution in [0.1, 0.15) is 16.7 Å². The first-order valence-electron chi connectivity index (χ1n) is 18.3. The molecule has 0 atom stereocenters. The largest absolute Gasteiger partial charge is 0.292 e. The van der Waals surface area contributed by atoms with Crippen LogP contribution in [0.5, 0.6) is 0 Å². The first-order valence-corrected chi connectivity index (χ1v) is 18.3. The van der Waals surface area contributed by atoms with E-state index >= 15 is 0 Å². The van der Waals surface area contributed by atoms with Gasteiger partial charge in [-0.05, 0) is 73.9 Å². The normalized spacial score (nSPS) is 11.6. The van der Waals surface area contributed by atoms with Gasteiger partial charge in [0.15, 0.2) is 0 Å². The Morgan fingerprint density at radius 2 is 0.537 bits per heavy atom. The van der Waals surface area contributed by atoms with Crippen molar-refractivity contribution in [1.29, 1.82) is 0 Å². The van der Waals surface area contributed by atoms with Gasteiger partial charge in [0.1, 0.15) is 17.5 Å². The van der Waals surface area contributed by atoms with Gasteiger partial charge in [0, 0.05) is 16.7 Å². The zero-order valence-corrected chi connectivity index (χ0v) is 30.3. The van der Waals surface area contributed by atoms with Crippen molar-refractivity contribution < 1.29 is 0 Å². The van der Waals surface area contributed by atoms with Crippen LogP contribution in [-0.4, -0.2) is 28.7 Å². The van der Waals surface area contributed by atoms with E-state index in [2.05, 4.69) is 198 Å². The Morgan fingerprint density at radius 3 is 0.815 bits per heavy atom. The molecule has 258 valence electrons. The highest BCUT2D eigenvalue weighted by atomic mass is 15.1. The fourth-order valence-electron chi connectivity index (χ4n) is 8.29. The molecule has 0 fully saturated rings. The van der Waals surface area contributed by atoms with Crippen LogP contribution < -0.4 is 0 Å². The van der Waals surface area contributed by atoms with Gasteiger partial charge >= 0.3 is 0 Å². The second kappa shape index (κ2) is 12.6. The second-order valence-electron chi connectivity index (χ2n) is 13.8. The SMILES string of the molecule is Cc1c(-n2c(-c3ccccc3)nc3ccccc32)c(C)c(-n2c(-c3ccccc3)nc3ccccc32)c(C)c1-n1c(-c2ccccc2)nc2ccccc21. The lowest BCUT2D eigenvalue weighted by atomic mass is 9.96. The van der Waals surface area contributed by atoms with Crippen LogP contribution in [0.4, 0.5) is 0 Å². The highest BCUT2D eigenvalue weighted by Crippen LogP contribution is 2.43. The molecule has 0 amide bonds. The van der Waals surface area contributed by atoms with E-state index in [1.807, 2.05) is 0 Å². The maximum Gasteiger partial charge on any atom is 0.145 e. The molecule has 10 aromatic rings.